The van der Waals surface area contributed by atoms with Crippen molar-refractivity contribution >= 4 is 43.6 Å². The average molecular weight is 350 g/mol. The fraction of sp³-hybridized carbons (Fsp3) is 0.211. The maximum absolute atomic E-state index is 12.5. The fourth-order valence-corrected chi connectivity index (χ4v) is 3.94. The highest BCUT2D eigenvalue weighted by Gasteiger charge is 2.14. The number of rotatable bonds is 4. The summed E-state index contributed by atoms with van der Waals surface area (Å²) in [5.74, 6) is 0.824. The summed E-state index contributed by atoms with van der Waals surface area (Å²) in [6.07, 6.45) is 0.780. The molecule has 0 radical (unpaired) electrons. The zero-order chi connectivity index (χ0) is 17.4. The van der Waals surface area contributed by atoms with E-state index in [-0.39, 0.29) is 12.5 Å². The zero-order valence-corrected chi connectivity index (χ0v) is 14.9. The van der Waals surface area contributed by atoms with Crippen LogP contribution in [0.25, 0.3) is 21.3 Å². The van der Waals surface area contributed by atoms with Gasteiger partial charge in [-0.25, -0.2) is 9.97 Å². The van der Waals surface area contributed by atoms with Crippen LogP contribution >= 0.6 is 11.3 Å². The van der Waals surface area contributed by atoms with Crippen molar-refractivity contribution < 1.29 is 4.79 Å². The molecule has 5 nitrogen and oxygen atoms in total. The lowest BCUT2D eigenvalue weighted by Gasteiger charge is -2.07. The molecule has 0 saturated heterocycles. The Bertz CT molecular complexity index is 1080. The van der Waals surface area contributed by atoms with Gasteiger partial charge in [-0.1, -0.05) is 36.5 Å². The van der Waals surface area contributed by atoms with Crippen molar-refractivity contribution in [3.8, 4) is 0 Å². The number of fused-ring (bicyclic) bond motifs is 2. The van der Waals surface area contributed by atoms with E-state index in [2.05, 4.69) is 21.4 Å². The molecule has 4 aromatic rings. The monoisotopic (exact) mass is 350 g/mol. The summed E-state index contributed by atoms with van der Waals surface area (Å²) in [7, 11) is 0. The van der Waals surface area contributed by atoms with Crippen LogP contribution in [-0.2, 0) is 17.8 Å². The zero-order valence-electron chi connectivity index (χ0n) is 14.1. The number of aryl methyl sites for hydroxylation is 2. The highest BCUT2D eigenvalue weighted by atomic mass is 32.1. The minimum absolute atomic E-state index is 0.0892. The largest absolute Gasteiger partial charge is 0.318 e. The minimum atomic E-state index is -0.0892. The molecule has 0 saturated carbocycles. The Morgan fingerprint density at radius 3 is 2.84 bits per heavy atom. The summed E-state index contributed by atoms with van der Waals surface area (Å²) in [6, 6.07) is 14.0. The predicted octanol–water partition coefficient (Wildman–Crippen LogP) is 4.16. The molecule has 4 rings (SSSR count). The van der Waals surface area contributed by atoms with Gasteiger partial charge in [-0.05, 0) is 36.8 Å². The number of nitrogens with one attached hydrogen (secondary N) is 1. The minimum Gasteiger partial charge on any atom is -0.318 e. The number of imidazole rings is 1. The third-order valence-corrected chi connectivity index (χ3v) is 5.08. The number of anilines is 1. The molecule has 0 fully saturated rings. The summed E-state index contributed by atoms with van der Waals surface area (Å²) in [6.45, 7) is 4.33. The molecule has 126 valence electrons. The van der Waals surface area contributed by atoms with Gasteiger partial charge in [0.15, 0.2) is 5.13 Å². The van der Waals surface area contributed by atoms with Crippen LogP contribution in [-0.4, -0.2) is 20.4 Å². The van der Waals surface area contributed by atoms with Crippen molar-refractivity contribution in [1.29, 1.82) is 0 Å². The molecule has 0 aliphatic carbocycles. The third-order valence-electron chi connectivity index (χ3n) is 4.14. The van der Waals surface area contributed by atoms with Crippen LogP contribution in [0.4, 0.5) is 5.13 Å². The van der Waals surface area contributed by atoms with E-state index in [4.69, 9.17) is 0 Å². The van der Waals surface area contributed by atoms with Crippen LogP contribution in [0, 0.1) is 6.92 Å². The Balaban J connectivity index is 1.59. The van der Waals surface area contributed by atoms with Crippen LogP contribution in [0.3, 0.4) is 0 Å². The standard InChI is InChI=1S/C19H18N4OS/c1-3-17-20-13-6-4-5-7-15(13)23(17)11-18(24)22-19-21-14-9-8-12(2)10-16(14)25-19/h4-10H,3,11H2,1-2H3,(H,21,22,24). The number of hydrogen-bond donors (Lipinski definition) is 1. The molecule has 2 aromatic heterocycles. The van der Waals surface area contributed by atoms with Gasteiger partial charge in [0.1, 0.15) is 12.4 Å². The van der Waals surface area contributed by atoms with E-state index >= 15 is 0 Å². The van der Waals surface area contributed by atoms with E-state index in [0.29, 0.717) is 5.13 Å². The Morgan fingerprint density at radius 1 is 1.16 bits per heavy atom. The number of thiazole rings is 1. The molecule has 2 heterocycles. The van der Waals surface area contributed by atoms with Crippen molar-refractivity contribution in [2.75, 3.05) is 5.32 Å². The van der Waals surface area contributed by atoms with E-state index in [0.717, 1.165) is 33.5 Å². The number of amides is 1. The number of hydrogen-bond acceptors (Lipinski definition) is 4. The van der Waals surface area contributed by atoms with E-state index in [9.17, 15) is 4.79 Å². The fourth-order valence-electron chi connectivity index (χ4n) is 2.96. The molecule has 0 unspecified atom stereocenters. The van der Waals surface area contributed by atoms with Crippen LogP contribution in [0.2, 0.25) is 0 Å². The maximum atomic E-state index is 12.5. The van der Waals surface area contributed by atoms with Gasteiger partial charge in [-0.15, -0.1) is 0 Å². The summed E-state index contributed by atoms with van der Waals surface area (Å²) in [5.41, 5.74) is 4.00. The Kier molecular flexibility index (Phi) is 3.97. The number of nitrogens with zero attached hydrogens (tertiary/aromatic N) is 3. The summed E-state index contributed by atoms with van der Waals surface area (Å²) < 4.78 is 3.06. The Morgan fingerprint density at radius 2 is 2.00 bits per heavy atom. The quantitative estimate of drug-likeness (QED) is 0.601. The average Bonchev–Trinajstić information content (AvgIpc) is 3.15. The van der Waals surface area contributed by atoms with Gasteiger partial charge in [0.05, 0.1) is 21.3 Å². The highest BCUT2D eigenvalue weighted by molar-refractivity contribution is 7.22. The van der Waals surface area contributed by atoms with Gasteiger partial charge in [0.25, 0.3) is 0 Å². The number of carbonyl (C=O) groups is 1. The van der Waals surface area contributed by atoms with Crippen molar-refractivity contribution in [2.45, 2.75) is 26.8 Å². The highest BCUT2D eigenvalue weighted by Crippen LogP contribution is 2.26. The number of benzene rings is 2. The Hall–Kier alpha value is -2.73. The van der Waals surface area contributed by atoms with Crippen LogP contribution in [0.15, 0.2) is 42.5 Å². The molecule has 0 atom stereocenters. The molecule has 25 heavy (non-hydrogen) atoms. The molecule has 1 N–H and O–H groups in total. The topological polar surface area (TPSA) is 59.8 Å². The van der Waals surface area contributed by atoms with Gasteiger partial charge in [-0.2, -0.15) is 0 Å². The van der Waals surface area contributed by atoms with E-state index < -0.39 is 0 Å². The van der Waals surface area contributed by atoms with E-state index in [1.54, 1.807) is 0 Å². The summed E-state index contributed by atoms with van der Waals surface area (Å²) in [4.78, 5) is 21.6. The second-order valence-electron chi connectivity index (χ2n) is 5.99. The Labute approximate surface area is 149 Å². The van der Waals surface area contributed by atoms with Crippen molar-refractivity contribution in [1.82, 2.24) is 14.5 Å². The second-order valence-corrected chi connectivity index (χ2v) is 7.03. The lowest BCUT2D eigenvalue weighted by Crippen LogP contribution is -2.19. The van der Waals surface area contributed by atoms with Crippen molar-refractivity contribution in [3.05, 3.63) is 53.9 Å². The third kappa shape index (κ3) is 3.00. The van der Waals surface area contributed by atoms with Crippen LogP contribution < -0.4 is 5.32 Å². The van der Waals surface area contributed by atoms with Gasteiger partial charge < -0.3 is 9.88 Å². The first-order valence-electron chi connectivity index (χ1n) is 8.25. The molecule has 0 aliphatic rings. The van der Waals surface area contributed by atoms with Gasteiger partial charge in [-0.3, -0.25) is 4.79 Å². The van der Waals surface area contributed by atoms with Crippen molar-refractivity contribution in [3.63, 3.8) is 0 Å². The summed E-state index contributed by atoms with van der Waals surface area (Å²) in [5, 5.41) is 3.56. The molecule has 0 bridgehead atoms. The summed E-state index contributed by atoms with van der Waals surface area (Å²) >= 11 is 1.50. The lowest BCUT2D eigenvalue weighted by atomic mass is 10.2. The maximum Gasteiger partial charge on any atom is 0.246 e. The van der Waals surface area contributed by atoms with Crippen molar-refractivity contribution in [2.24, 2.45) is 0 Å². The molecule has 2 aromatic carbocycles. The molecular formula is C19H18N4OS. The SMILES string of the molecule is CCc1nc2ccccc2n1CC(=O)Nc1nc2ccc(C)cc2s1. The van der Waals surface area contributed by atoms with Gasteiger partial charge in [0.2, 0.25) is 5.91 Å². The number of para-hydroxylation sites is 2. The normalized spacial score (nSPS) is 11.3. The molecule has 0 aliphatic heterocycles. The van der Waals surface area contributed by atoms with E-state index in [1.807, 2.05) is 54.8 Å². The molecule has 1 amide bonds. The van der Waals surface area contributed by atoms with E-state index in [1.165, 1.54) is 16.9 Å². The number of aromatic nitrogens is 3. The first-order valence-corrected chi connectivity index (χ1v) is 9.07. The lowest BCUT2D eigenvalue weighted by molar-refractivity contribution is -0.116. The molecular weight excluding hydrogens is 332 g/mol. The smallest absolute Gasteiger partial charge is 0.246 e. The molecule has 6 heteroatoms. The number of carbonyl (C=O) groups excluding carboxylic acids is 1. The van der Waals surface area contributed by atoms with Crippen LogP contribution in [0.5, 0.6) is 0 Å². The van der Waals surface area contributed by atoms with Gasteiger partial charge >= 0.3 is 0 Å². The first kappa shape index (κ1) is 15.8. The van der Waals surface area contributed by atoms with Crippen LogP contribution in [0.1, 0.15) is 18.3 Å². The molecule has 0 spiro atoms. The second kappa shape index (κ2) is 6.29. The van der Waals surface area contributed by atoms with Gasteiger partial charge in [0, 0.05) is 6.42 Å². The predicted molar refractivity (Wildman–Crippen MR) is 102 cm³/mol. The first-order chi connectivity index (χ1) is 12.1.